The van der Waals surface area contributed by atoms with Crippen molar-refractivity contribution in [3.8, 4) is 16.9 Å². The quantitative estimate of drug-likeness (QED) is 0.420. The highest BCUT2D eigenvalue weighted by molar-refractivity contribution is 5.82. The summed E-state index contributed by atoms with van der Waals surface area (Å²) in [7, 11) is 2.16. The summed E-state index contributed by atoms with van der Waals surface area (Å²) in [6.45, 7) is 6.42. The van der Waals surface area contributed by atoms with Gasteiger partial charge in [0.25, 0.3) is 0 Å². The summed E-state index contributed by atoms with van der Waals surface area (Å²) in [4.78, 5) is 2.32. The molecule has 0 atom stereocenters. The summed E-state index contributed by atoms with van der Waals surface area (Å²) in [5.74, 6) is 0. The topological polar surface area (TPSA) is 7.12 Å². The van der Waals surface area contributed by atoms with Gasteiger partial charge in [-0.25, -0.2) is 0 Å². The molecule has 1 heterocycles. The third-order valence-corrected chi connectivity index (χ3v) is 5.42. The van der Waals surface area contributed by atoms with Gasteiger partial charge in [0.2, 0.25) is 16.9 Å². The van der Waals surface area contributed by atoms with Gasteiger partial charge >= 0.3 is 0 Å². The van der Waals surface area contributed by atoms with E-state index in [0.717, 1.165) is 13.1 Å². The van der Waals surface area contributed by atoms with Crippen LogP contribution in [0.4, 0.5) is 0 Å². The van der Waals surface area contributed by atoms with Crippen LogP contribution in [0.1, 0.15) is 18.1 Å². The predicted octanol–water partition coefficient (Wildman–Crippen LogP) is 5.54. The lowest BCUT2D eigenvalue weighted by Gasteiger charge is -2.14. The van der Waals surface area contributed by atoms with Crippen molar-refractivity contribution in [1.29, 1.82) is 0 Å². The largest absolute Gasteiger partial charge is 0.302 e. The standard InChI is InChI=1S/C26H27N2/c1-4-27(3)19-21-14-16-22(17-15-21)26-18-20(2)24-12-8-9-13-25(24)28(26)23-10-6-5-7-11-23/h5-18H,4,19H2,1-3H3/q+1. The molecule has 2 heteroatoms. The Morgan fingerprint density at radius 3 is 2.21 bits per heavy atom. The molecule has 0 amide bonds. The number of aryl methyl sites for hydroxylation is 1. The molecule has 0 radical (unpaired) electrons. The van der Waals surface area contributed by atoms with Gasteiger partial charge in [-0.1, -0.05) is 49.4 Å². The van der Waals surface area contributed by atoms with Gasteiger partial charge in [-0.15, -0.1) is 0 Å². The zero-order chi connectivity index (χ0) is 19.5. The fourth-order valence-corrected chi connectivity index (χ4v) is 3.75. The monoisotopic (exact) mass is 367 g/mol. The summed E-state index contributed by atoms with van der Waals surface area (Å²) in [6.07, 6.45) is 0. The molecule has 0 spiro atoms. The van der Waals surface area contributed by atoms with E-state index < -0.39 is 0 Å². The summed E-state index contributed by atoms with van der Waals surface area (Å²) < 4.78 is 2.37. The molecule has 0 N–H and O–H groups in total. The molecule has 0 aliphatic carbocycles. The number of aromatic nitrogens is 1. The van der Waals surface area contributed by atoms with E-state index in [1.54, 1.807) is 0 Å². The second-order valence-electron chi connectivity index (χ2n) is 7.43. The molecular weight excluding hydrogens is 340 g/mol. The van der Waals surface area contributed by atoms with Crippen molar-refractivity contribution in [2.24, 2.45) is 0 Å². The second-order valence-corrected chi connectivity index (χ2v) is 7.43. The van der Waals surface area contributed by atoms with Gasteiger partial charge in [0.15, 0.2) is 0 Å². The van der Waals surface area contributed by atoms with Crippen molar-refractivity contribution in [3.63, 3.8) is 0 Å². The van der Waals surface area contributed by atoms with Gasteiger partial charge in [0, 0.05) is 41.8 Å². The maximum Gasteiger partial charge on any atom is 0.219 e. The fourth-order valence-electron chi connectivity index (χ4n) is 3.75. The Labute approximate surface area is 167 Å². The average Bonchev–Trinajstić information content (AvgIpc) is 2.75. The molecule has 4 aromatic rings. The van der Waals surface area contributed by atoms with Crippen molar-refractivity contribution < 1.29 is 4.57 Å². The Morgan fingerprint density at radius 1 is 0.821 bits per heavy atom. The van der Waals surface area contributed by atoms with E-state index in [-0.39, 0.29) is 0 Å². The van der Waals surface area contributed by atoms with E-state index in [9.17, 15) is 0 Å². The van der Waals surface area contributed by atoms with E-state index >= 15 is 0 Å². The first-order valence-electron chi connectivity index (χ1n) is 9.95. The van der Waals surface area contributed by atoms with Gasteiger partial charge in [0.05, 0.1) is 0 Å². The minimum atomic E-state index is 0.978. The second kappa shape index (κ2) is 7.95. The summed E-state index contributed by atoms with van der Waals surface area (Å²) in [5, 5.41) is 1.29. The lowest BCUT2D eigenvalue weighted by molar-refractivity contribution is -0.555. The number of fused-ring (bicyclic) bond motifs is 1. The summed E-state index contributed by atoms with van der Waals surface area (Å²) in [5.41, 5.74) is 7.52. The van der Waals surface area contributed by atoms with Crippen LogP contribution in [0, 0.1) is 6.92 Å². The Balaban J connectivity index is 1.89. The first-order valence-corrected chi connectivity index (χ1v) is 9.95. The van der Waals surface area contributed by atoms with E-state index in [1.165, 1.54) is 39.0 Å². The molecular formula is C26H27N2+. The smallest absolute Gasteiger partial charge is 0.219 e. The number of para-hydroxylation sites is 2. The summed E-state index contributed by atoms with van der Waals surface area (Å²) in [6, 6.07) is 30.6. The molecule has 1 aromatic heterocycles. The molecule has 0 aliphatic rings. The van der Waals surface area contributed by atoms with E-state index in [0.29, 0.717) is 0 Å². The normalized spacial score (nSPS) is 11.3. The van der Waals surface area contributed by atoms with Gasteiger partial charge in [-0.3, -0.25) is 0 Å². The van der Waals surface area contributed by atoms with Crippen LogP contribution in [0.3, 0.4) is 0 Å². The third kappa shape index (κ3) is 3.56. The Morgan fingerprint density at radius 2 is 1.50 bits per heavy atom. The van der Waals surface area contributed by atoms with Crippen molar-refractivity contribution in [1.82, 2.24) is 4.90 Å². The Kier molecular flexibility index (Phi) is 5.23. The van der Waals surface area contributed by atoms with E-state index in [4.69, 9.17) is 0 Å². The Bertz CT molecular complexity index is 1080. The lowest BCUT2D eigenvalue weighted by Crippen LogP contribution is -2.34. The number of rotatable bonds is 5. The first kappa shape index (κ1) is 18.4. The maximum atomic E-state index is 2.37. The van der Waals surface area contributed by atoms with Crippen LogP contribution >= 0.6 is 0 Å². The van der Waals surface area contributed by atoms with Gasteiger partial charge in [-0.05, 0) is 49.8 Å². The molecule has 0 saturated carbocycles. The van der Waals surface area contributed by atoms with Crippen LogP contribution < -0.4 is 4.57 Å². The average molecular weight is 368 g/mol. The van der Waals surface area contributed by atoms with E-state index in [2.05, 4.69) is 115 Å². The Hall–Kier alpha value is -2.97. The number of benzene rings is 3. The molecule has 140 valence electrons. The maximum absolute atomic E-state index is 2.37. The molecule has 28 heavy (non-hydrogen) atoms. The van der Waals surface area contributed by atoms with Crippen molar-refractivity contribution in [2.45, 2.75) is 20.4 Å². The highest BCUT2D eigenvalue weighted by atomic mass is 15.1. The SMILES string of the molecule is CCN(C)Cc1ccc(-c2cc(C)c3ccccc3[n+]2-c2ccccc2)cc1. The molecule has 2 nitrogen and oxygen atoms in total. The minimum absolute atomic E-state index is 0.978. The van der Waals surface area contributed by atoms with Crippen LogP contribution in [0.15, 0.2) is 84.9 Å². The minimum Gasteiger partial charge on any atom is -0.302 e. The molecule has 4 rings (SSSR count). The lowest BCUT2D eigenvalue weighted by atomic mass is 10.0. The van der Waals surface area contributed by atoms with Crippen LogP contribution in [0.25, 0.3) is 27.8 Å². The van der Waals surface area contributed by atoms with Crippen molar-refractivity contribution in [3.05, 3.63) is 96.1 Å². The highest BCUT2D eigenvalue weighted by Gasteiger charge is 2.21. The van der Waals surface area contributed by atoms with Gasteiger partial charge in [-0.2, -0.15) is 4.57 Å². The number of nitrogens with zero attached hydrogens (tertiary/aromatic N) is 2. The van der Waals surface area contributed by atoms with Crippen LogP contribution in [0.5, 0.6) is 0 Å². The highest BCUT2D eigenvalue weighted by Crippen LogP contribution is 2.25. The molecule has 0 fully saturated rings. The van der Waals surface area contributed by atoms with Gasteiger partial charge < -0.3 is 4.90 Å². The summed E-state index contributed by atoms with van der Waals surface area (Å²) >= 11 is 0. The third-order valence-electron chi connectivity index (χ3n) is 5.42. The molecule has 3 aromatic carbocycles. The number of hydrogen-bond acceptors (Lipinski definition) is 1. The van der Waals surface area contributed by atoms with E-state index in [1.807, 2.05) is 0 Å². The van der Waals surface area contributed by atoms with Crippen LogP contribution in [0.2, 0.25) is 0 Å². The zero-order valence-corrected chi connectivity index (χ0v) is 16.9. The van der Waals surface area contributed by atoms with Gasteiger partial charge in [0.1, 0.15) is 0 Å². The molecule has 0 bridgehead atoms. The van der Waals surface area contributed by atoms with Crippen LogP contribution in [-0.4, -0.2) is 18.5 Å². The first-order chi connectivity index (χ1) is 13.7. The molecule has 0 aliphatic heterocycles. The zero-order valence-electron chi connectivity index (χ0n) is 16.9. The molecule has 0 unspecified atom stereocenters. The number of pyridine rings is 1. The fraction of sp³-hybridized carbons (Fsp3) is 0.192. The molecule has 0 saturated heterocycles. The van der Waals surface area contributed by atoms with Crippen molar-refractivity contribution >= 4 is 10.9 Å². The predicted molar refractivity (Wildman–Crippen MR) is 118 cm³/mol. The van der Waals surface area contributed by atoms with Crippen LogP contribution in [-0.2, 0) is 6.54 Å². The van der Waals surface area contributed by atoms with Crippen molar-refractivity contribution in [2.75, 3.05) is 13.6 Å². The number of hydrogen-bond donors (Lipinski definition) is 0.